The second kappa shape index (κ2) is 16.6. The lowest BCUT2D eigenvalue weighted by Crippen LogP contribution is -2.58. The summed E-state index contributed by atoms with van der Waals surface area (Å²) in [5, 5.41) is 17.2. The number of carboxylic acid groups (broad SMARTS) is 1. The Morgan fingerprint density at radius 1 is 0.872 bits per heavy atom. The van der Waals surface area contributed by atoms with Gasteiger partial charge in [-0.05, 0) is 30.7 Å². The molecule has 4 unspecified atom stereocenters. The molecule has 216 valence electrons. The maximum absolute atomic E-state index is 13.3. The molecule has 0 saturated carbocycles. The molecular formula is C25H40N8O6. The van der Waals surface area contributed by atoms with Crippen molar-refractivity contribution in [1.29, 1.82) is 0 Å². The summed E-state index contributed by atoms with van der Waals surface area (Å²) in [5.74, 6) is -4.35. The second-order valence-corrected chi connectivity index (χ2v) is 9.57. The zero-order valence-corrected chi connectivity index (χ0v) is 22.3. The largest absolute Gasteiger partial charge is 0.480 e. The van der Waals surface area contributed by atoms with Crippen molar-refractivity contribution in [2.24, 2.45) is 33.8 Å². The molecule has 0 heterocycles. The summed E-state index contributed by atoms with van der Waals surface area (Å²) in [4.78, 5) is 65.8. The standard InChI is InChI=1S/C25H40N8O6/c1-14(2)11-19(24(38)39)33-23(37)18(12-15-7-4-3-5-8-15)32-22(36)17(9-6-10-30-25(28)29)31-21(35)16(26)13-20(27)34/h3-5,7-8,14,16-19H,6,9-13,26H2,1-2H3,(H2,27,34)(H,31,35)(H,32,36)(H,33,37)(H,38,39)(H4,28,29,30). The minimum Gasteiger partial charge on any atom is -0.480 e. The lowest BCUT2D eigenvalue weighted by molar-refractivity contribution is -0.142. The van der Waals surface area contributed by atoms with Gasteiger partial charge in [-0.1, -0.05) is 44.2 Å². The van der Waals surface area contributed by atoms with Crippen molar-refractivity contribution >= 4 is 35.6 Å². The Labute approximate surface area is 227 Å². The van der Waals surface area contributed by atoms with Crippen LogP contribution in [-0.4, -0.2) is 71.4 Å². The Bertz CT molecular complexity index is 1010. The Hall–Kier alpha value is -4.20. The zero-order chi connectivity index (χ0) is 29.5. The van der Waals surface area contributed by atoms with Gasteiger partial charge in [-0.2, -0.15) is 0 Å². The van der Waals surface area contributed by atoms with Gasteiger partial charge in [0, 0.05) is 13.0 Å². The van der Waals surface area contributed by atoms with Gasteiger partial charge >= 0.3 is 5.97 Å². The fraction of sp³-hybridized carbons (Fsp3) is 0.520. The van der Waals surface area contributed by atoms with Crippen LogP contribution in [-0.2, 0) is 30.4 Å². The molecule has 1 aromatic carbocycles. The summed E-state index contributed by atoms with van der Waals surface area (Å²) < 4.78 is 0. The van der Waals surface area contributed by atoms with Crippen LogP contribution in [0.4, 0.5) is 0 Å². The summed E-state index contributed by atoms with van der Waals surface area (Å²) in [6, 6.07) is 4.06. The van der Waals surface area contributed by atoms with Gasteiger partial charge in [-0.15, -0.1) is 0 Å². The Balaban J connectivity index is 3.16. The average molecular weight is 549 g/mol. The first-order valence-corrected chi connectivity index (χ1v) is 12.6. The zero-order valence-electron chi connectivity index (χ0n) is 22.3. The van der Waals surface area contributed by atoms with Crippen molar-refractivity contribution in [2.75, 3.05) is 6.54 Å². The number of benzene rings is 1. The number of hydrogen-bond acceptors (Lipinski definition) is 7. The van der Waals surface area contributed by atoms with Crippen LogP contribution in [0.5, 0.6) is 0 Å². The summed E-state index contributed by atoms with van der Waals surface area (Å²) in [6.45, 7) is 3.81. The molecule has 0 aliphatic carbocycles. The molecule has 39 heavy (non-hydrogen) atoms. The van der Waals surface area contributed by atoms with E-state index < -0.39 is 60.2 Å². The number of carboxylic acids is 1. The van der Waals surface area contributed by atoms with E-state index in [2.05, 4.69) is 20.9 Å². The van der Waals surface area contributed by atoms with Crippen LogP contribution in [0.2, 0.25) is 0 Å². The molecule has 0 aliphatic rings. The number of carbonyl (C=O) groups excluding carboxylic acids is 4. The van der Waals surface area contributed by atoms with Gasteiger partial charge in [-0.25, -0.2) is 4.79 Å². The summed E-state index contributed by atoms with van der Waals surface area (Å²) in [6.07, 6.45) is 0.172. The van der Waals surface area contributed by atoms with Crippen molar-refractivity contribution in [3.05, 3.63) is 35.9 Å². The van der Waals surface area contributed by atoms with Crippen LogP contribution >= 0.6 is 0 Å². The minimum absolute atomic E-state index is 0.0111. The van der Waals surface area contributed by atoms with Gasteiger partial charge in [0.25, 0.3) is 0 Å². The van der Waals surface area contributed by atoms with E-state index >= 15 is 0 Å². The van der Waals surface area contributed by atoms with E-state index in [1.54, 1.807) is 30.3 Å². The first-order valence-electron chi connectivity index (χ1n) is 12.6. The molecule has 0 aliphatic heterocycles. The molecule has 0 radical (unpaired) electrons. The van der Waals surface area contributed by atoms with Crippen molar-refractivity contribution in [2.45, 2.75) is 70.1 Å². The van der Waals surface area contributed by atoms with Crippen molar-refractivity contribution in [3.63, 3.8) is 0 Å². The monoisotopic (exact) mass is 548 g/mol. The van der Waals surface area contributed by atoms with Crippen LogP contribution in [0.25, 0.3) is 0 Å². The van der Waals surface area contributed by atoms with Gasteiger partial charge in [0.1, 0.15) is 18.1 Å². The van der Waals surface area contributed by atoms with Crippen LogP contribution in [0, 0.1) is 5.92 Å². The third-order valence-electron chi connectivity index (χ3n) is 5.57. The maximum Gasteiger partial charge on any atom is 0.326 e. The lowest BCUT2D eigenvalue weighted by atomic mass is 10.0. The van der Waals surface area contributed by atoms with E-state index in [1.165, 1.54) is 0 Å². The van der Waals surface area contributed by atoms with Crippen LogP contribution in [0.1, 0.15) is 45.1 Å². The molecule has 14 heteroatoms. The molecule has 0 spiro atoms. The minimum atomic E-state index is -1.29. The molecule has 1 rings (SSSR count). The van der Waals surface area contributed by atoms with Crippen molar-refractivity contribution < 1.29 is 29.1 Å². The summed E-state index contributed by atoms with van der Waals surface area (Å²) in [5.41, 5.74) is 22.2. The summed E-state index contributed by atoms with van der Waals surface area (Å²) >= 11 is 0. The van der Waals surface area contributed by atoms with Crippen molar-refractivity contribution in [1.82, 2.24) is 16.0 Å². The highest BCUT2D eigenvalue weighted by Crippen LogP contribution is 2.09. The number of aliphatic imine (C=N–C) groups is 1. The fourth-order valence-electron chi connectivity index (χ4n) is 3.66. The molecule has 12 N–H and O–H groups in total. The third kappa shape index (κ3) is 13.2. The number of primary amides is 1. The number of hydrogen-bond donors (Lipinski definition) is 8. The quantitative estimate of drug-likeness (QED) is 0.0611. The molecule has 0 fully saturated rings. The number of rotatable bonds is 17. The Morgan fingerprint density at radius 3 is 1.97 bits per heavy atom. The van der Waals surface area contributed by atoms with Gasteiger partial charge in [0.15, 0.2) is 5.96 Å². The number of nitrogens with one attached hydrogen (secondary N) is 3. The van der Waals surface area contributed by atoms with E-state index in [4.69, 9.17) is 22.9 Å². The molecule has 1 aromatic rings. The van der Waals surface area contributed by atoms with E-state index in [9.17, 15) is 29.1 Å². The maximum atomic E-state index is 13.3. The molecule has 0 bridgehead atoms. The predicted octanol–water partition coefficient (Wildman–Crippen LogP) is -1.93. The first kappa shape index (κ1) is 32.8. The number of aliphatic carboxylic acids is 1. The average Bonchev–Trinajstić information content (AvgIpc) is 2.84. The Morgan fingerprint density at radius 2 is 1.44 bits per heavy atom. The number of carbonyl (C=O) groups is 5. The van der Waals surface area contributed by atoms with Gasteiger partial charge < -0.3 is 44.0 Å². The van der Waals surface area contributed by atoms with Gasteiger partial charge in [0.05, 0.1) is 12.5 Å². The van der Waals surface area contributed by atoms with Crippen molar-refractivity contribution in [3.8, 4) is 0 Å². The molecular weight excluding hydrogens is 508 g/mol. The first-order chi connectivity index (χ1) is 18.3. The number of amides is 4. The van der Waals surface area contributed by atoms with Crippen LogP contribution in [0.3, 0.4) is 0 Å². The molecule has 0 aromatic heterocycles. The SMILES string of the molecule is CC(C)CC(NC(=O)C(Cc1ccccc1)NC(=O)C(CCCN=C(N)N)NC(=O)C(N)CC(N)=O)C(=O)O. The van der Waals surface area contributed by atoms with Gasteiger partial charge in [0.2, 0.25) is 23.6 Å². The molecule has 4 atom stereocenters. The number of nitrogens with zero attached hydrogens (tertiary/aromatic N) is 1. The predicted molar refractivity (Wildman–Crippen MR) is 145 cm³/mol. The number of nitrogens with two attached hydrogens (primary N) is 4. The van der Waals surface area contributed by atoms with E-state index in [1.807, 2.05) is 13.8 Å². The number of guanidine groups is 1. The normalized spacial score (nSPS) is 13.8. The fourth-order valence-corrected chi connectivity index (χ4v) is 3.66. The summed E-state index contributed by atoms with van der Waals surface area (Å²) in [7, 11) is 0. The molecule has 14 nitrogen and oxygen atoms in total. The highest BCUT2D eigenvalue weighted by Gasteiger charge is 2.31. The van der Waals surface area contributed by atoms with E-state index in [0.717, 1.165) is 0 Å². The van der Waals surface area contributed by atoms with Crippen LogP contribution in [0.15, 0.2) is 35.3 Å². The molecule has 0 saturated heterocycles. The molecule has 4 amide bonds. The second-order valence-electron chi connectivity index (χ2n) is 9.57. The topological polar surface area (TPSA) is 258 Å². The van der Waals surface area contributed by atoms with Crippen LogP contribution < -0.4 is 38.9 Å². The van der Waals surface area contributed by atoms with E-state index in [-0.39, 0.29) is 44.1 Å². The third-order valence-corrected chi connectivity index (χ3v) is 5.57. The smallest absolute Gasteiger partial charge is 0.326 e. The van der Waals surface area contributed by atoms with Gasteiger partial charge in [-0.3, -0.25) is 24.2 Å². The highest BCUT2D eigenvalue weighted by atomic mass is 16.4. The Kier molecular flexibility index (Phi) is 14.0. The lowest BCUT2D eigenvalue weighted by Gasteiger charge is -2.25. The highest BCUT2D eigenvalue weighted by molar-refractivity contribution is 5.95. The van der Waals surface area contributed by atoms with E-state index in [0.29, 0.717) is 5.56 Å².